The van der Waals surface area contributed by atoms with E-state index in [1.54, 1.807) is 10.6 Å². The molecule has 0 aliphatic heterocycles. The van der Waals surface area contributed by atoms with Crippen molar-refractivity contribution in [3.63, 3.8) is 0 Å². The van der Waals surface area contributed by atoms with Gasteiger partial charge in [0.05, 0.1) is 0 Å². The Hall–Kier alpha value is -2.50. The first-order chi connectivity index (χ1) is 11.3. The maximum atomic E-state index is 13.1. The molecule has 1 aromatic carbocycles. The molecule has 1 N–H and O–H groups in total. The van der Waals surface area contributed by atoms with Gasteiger partial charge in [0, 0.05) is 12.0 Å². The molecule has 2 heterocycles. The van der Waals surface area contributed by atoms with Gasteiger partial charge >= 0.3 is 0 Å². The predicted molar refractivity (Wildman–Crippen MR) is 92.8 cm³/mol. The van der Waals surface area contributed by atoms with Gasteiger partial charge in [-0.3, -0.25) is 0 Å². The molecule has 0 saturated heterocycles. The second-order valence-corrected chi connectivity index (χ2v) is 7.01. The fraction of sp³-hybridized carbons (Fsp3) is 0.389. The highest BCUT2D eigenvalue weighted by Gasteiger charge is 2.21. The maximum absolute atomic E-state index is 13.1. The molecule has 126 valence electrons. The molecule has 24 heavy (non-hydrogen) atoms. The van der Waals surface area contributed by atoms with Gasteiger partial charge in [-0.2, -0.15) is 4.52 Å². The minimum absolute atomic E-state index is 0.129. The minimum Gasteiger partial charge on any atom is -0.368 e. The van der Waals surface area contributed by atoms with Crippen LogP contribution < -0.4 is 5.32 Å². The number of hydrogen-bond donors (Lipinski definition) is 1. The van der Waals surface area contributed by atoms with Crippen LogP contribution in [-0.4, -0.2) is 26.4 Å². The number of rotatable bonds is 4. The highest BCUT2D eigenvalue weighted by Crippen LogP contribution is 2.20. The number of fused-ring (bicyclic) bond motifs is 1. The molecule has 5 nitrogen and oxygen atoms in total. The standard InChI is InChI=1S/C18H22FN5/c1-12-11-14(19)6-5-13(12)9-10-20-15-7-8-16-21-22-17(18(2,3)4)24(16)23-15/h5-8,11H,9-10H2,1-4H3,(H,20,23). The number of halogens is 1. The summed E-state index contributed by atoms with van der Waals surface area (Å²) in [6, 6.07) is 8.70. The summed E-state index contributed by atoms with van der Waals surface area (Å²) in [5, 5.41) is 16.3. The lowest BCUT2D eigenvalue weighted by atomic mass is 9.96. The third-order valence-corrected chi connectivity index (χ3v) is 3.94. The van der Waals surface area contributed by atoms with E-state index in [1.165, 1.54) is 6.07 Å². The molecule has 0 unspecified atom stereocenters. The summed E-state index contributed by atoms with van der Waals surface area (Å²) in [7, 11) is 0. The van der Waals surface area contributed by atoms with Crippen molar-refractivity contribution in [1.82, 2.24) is 19.8 Å². The second-order valence-electron chi connectivity index (χ2n) is 7.01. The monoisotopic (exact) mass is 327 g/mol. The summed E-state index contributed by atoms with van der Waals surface area (Å²) in [6.07, 6.45) is 0.806. The quantitative estimate of drug-likeness (QED) is 0.796. The van der Waals surface area contributed by atoms with Gasteiger partial charge in [-0.1, -0.05) is 26.8 Å². The summed E-state index contributed by atoms with van der Waals surface area (Å²) < 4.78 is 14.9. The van der Waals surface area contributed by atoms with Gasteiger partial charge in [0.2, 0.25) is 0 Å². The molecule has 0 aliphatic carbocycles. The lowest BCUT2D eigenvalue weighted by Crippen LogP contribution is -2.18. The van der Waals surface area contributed by atoms with E-state index in [4.69, 9.17) is 0 Å². The van der Waals surface area contributed by atoms with Gasteiger partial charge < -0.3 is 5.32 Å². The van der Waals surface area contributed by atoms with Crippen molar-refractivity contribution in [3.05, 3.63) is 53.1 Å². The van der Waals surface area contributed by atoms with Gasteiger partial charge in [0.1, 0.15) is 11.6 Å². The van der Waals surface area contributed by atoms with Crippen molar-refractivity contribution in [2.24, 2.45) is 0 Å². The fourth-order valence-electron chi connectivity index (χ4n) is 2.62. The van der Waals surface area contributed by atoms with Crippen molar-refractivity contribution in [1.29, 1.82) is 0 Å². The van der Waals surface area contributed by atoms with Crippen LogP contribution in [0.1, 0.15) is 37.7 Å². The Balaban J connectivity index is 1.73. The van der Waals surface area contributed by atoms with Crippen LogP contribution in [0, 0.1) is 12.7 Å². The van der Waals surface area contributed by atoms with Gasteiger partial charge in [0.25, 0.3) is 0 Å². The molecule has 0 atom stereocenters. The average molecular weight is 327 g/mol. The molecule has 0 amide bonds. The van der Waals surface area contributed by atoms with E-state index in [0.717, 1.165) is 41.4 Å². The van der Waals surface area contributed by atoms with Crippen molar-refractivity contribution < 1.29 is 4.39 Å². The van der Waals surface area contributed by atoms with Crippen LogP contribution >= 0.6 is 0 Å². The molecule has 0 fully saturated rings. The maximum Gasteiger partial charge on any atom is 0.178 e. The zero-order chi connectivity index (χ0) is 17.3. The van der Waals surface area contributed by atoms with Crippen LogP contribution in [0.3, 0.4) is 0 Å². The molecule has 2 aromatic heterocycles. The molecule has 0 saturated carbocycles. The normalized spacial score (nSPS) is 11.9. The highest BCUT2D eigenvalue weighted by molar-refractivity contribution is 5.44. The van der Waals surface area contributed by atoms with Crippen LogP contribution in [0.5, 0.6) is 0 Å². The zero-order valence-corrected chi connectivity index (χ0v) is 14.5. The smallest absolute Gasteiger partial charge is 0.178 e. The molecule has 0 radical (unpaired) electrons. The Labute approximate surface area is 140 Å². The topological polar surface area (TPSA) is 55.1 Å². The average Bonchev–Trinajstić information content (AvgIpc) is 2.92. The number of benzene rings is 1. The zero-order valence-electron chi connectivity index (χ0n) is 14.5. The molecular formula is C18H22FN5. The van der Waals surface area contributed by atoms with Gasteiger partial charge in [-0.25, -0.2) is 4.39 Å². The minimum atomic E-state index is -0.196. The second kappa shape index (κ2) is 6.19. The summed E-state index contributed by atoms with van der Waals surface area (Å²) in [6.45, 7) is 8.90. The number of anilines is 1. The van der Waals surface area contributed by atoms with Gasteiger partial charge in [-0.05, 0) is 48.7 Å². The Bertz CT molecular complexity index is 863. The molecule has 0 aliphatic rings. The summed E-state index contributed by atoms with van der Waals surface area (Å²) in [5.41, 5.74) is 2.70. The van der Waals surface area contributed by atoms with Crippen LogP contribution in [0.2, 0.25) is 0 Å². The van der Waals surface area contributed by atoms with E-state index in [9.17, 15) is 4.39 Å². The van der Waals surface area contributed by atoms with E-state index in [1.807, 2.05) is 25.1 Å². The molecule has 3 rings (SSSR count). The Morgan fingerprint density at radius 3 is 2.62 bits per heavy atom. The molecule has 0 bridgehead atoms. The van der Waals surface area contributed by atoms with Gasteiger partial charge in [0.15, 0.2) is 11.5 Å². The predicted octanol–water partition coefficient (Wildman–Crippen LogP) is 3.52. The van der Waals surface area contributed by atoms with Crippen LogP contribution in [-0.2, 0) is 11.8 Å². The molecule has 6 heteroatoms. The summed E-state index contributed by atoms with van der Waals surface area (Å²) >= 11 is 0. The summed E-state index contributed by atoms with van der Waals surface area (Å²) in [4.78, 5) is 0. The van der Waals surface area contributed by atoms with E-state index < -0.39 is 0 Å². The first kappa shape index (κ1) is 16.4. The van der Waals surface area contributed by atoms with Crippen molar-refractivity contribution in [3.8, 4) is 0 Å². The van der Waals surface area contributed by atoms with Crippen molar-refractivity contribution in [2.75, 3.05) is 11.9 Å². The molecular weight excluding hydrogens is 305 g/mol. The first-order valence-electron chi connectivity index (χ1n) is 8.06. The molecule has 0 spiro atoms. The van der Waals surface area contributed by atoms with E-state index >= 15 is 0 Å². The fourth-order valence-corrected chi connectivity index (χ4v) is 2.62. The lowest BCUT2D eigenvalue weighted by Gasteiger charge is -2.15. The number of aromatic nitrogens is 4. The molecule has 3 aromatic rings. The number of nitrogens with zero attached hydrogens (tertiary/aromatic N) is 4. The van der Waals surface area contributed by atoms with Crippen LogP contribution in [0.15, 0.2) is 30.3 Å². The van der Waals surface area contributed by atoms with E-state index in [-0.39, 0.29) is 11.2 Å². The largest absolute Gasteiger partial charge is 0.368 e. The van der Waals surface area contributed by atoms with Crippen LogP contribution in [0.25, 0.3) is 5.65 Å². The lowest BCUT2D eigenvalue weighted by molar-refractivity contribution is 0.527. The van der Waals surface area contributed by atoms with Crippen molar-refractivity contribution >= 4 is 11.5 Å². The van der Waals surface area contributed by atoms with Crippen LogP contribution in [0.4, 0.5) is 10.2 Å². The number of hydrogen-bond acceptors (Lipinski definition) is 4. The van der Waals surface area contributed by atoms with E-state index in [0.29, 0.717) is 0 Å². The number of aryl methyl sites for hydroxylation is 1. The van der Waals surface area contributed by atoms with Gasteiger partial charge in [-0.15, -0.1) is 15.3 Å². The highest BCUT2D eigenvalue weighted by atomic mass is 19.1. The number of nitrogens with one attached hydrogen (secondary N) is 1. The third-order valence-electron chi connectivity index (χ3n) is 3.94. The van der Waals surface area contributed by atoms with E-state index in [2.05, 4.69) is 41.4 Å². The SMILES string of the molecule is Cc1cc(F)ccc1CCNc1ccc2nnc(C(C)(C)C)n2n1. The first-order valence-corrected chi connectivity index (χ1v) is 8.06. The Morgan fingerprint density at radius 1 is 1.12 bits per heavy atom. The third kappa shape index (κ3) is 3.37. The van der Waals surface area contributed by atoms with Crippen molar-refractivity contribution in [2.45, 2.75) is 39.5 Å². The summed E-state index contributed by atoms with van der Waals surface area (Å²) in [5.74, 6) is 1.40. The Morgan fingerprint density at radius 2 is 1.92 bits per heavy atom. The Kier molecular flexibility index (Phi) is 4.22.